The topological polar surface area (TPSA) is 84.5 Å². The first-order valence-corrected chi connectivity index (χ1v) is 10.5. The number of carbonyl (C=O) groups is 1. The molecule has 1 amide bonds. The van der Waals surface area contributed by atoms with Gasteiger partial charge in [0.15, 0.2) is 0 Å². The van der Waals surface area contributed by atoms with Gasteiger partial charge in [-0.1, -0.05) is 12.1 Å². The number of amides is 1. The highest BCUT2D eigenvalue weighted by Crippen LogP contribution is 2.15. The van der Waals surface area contributed by atoms with Gasteiger partial charge in [-0.15, -0.1) is 4.83 Å². The average Bonchev–Trinajstić information content (AvgIpc) is 2.61. The van der Waals surface area contributed by atoms with E-state index in [1.54, 1.807) is 36.0 Å². The second-order valence-electron chi connectivity index (χ2n) is 5.09. The molecule has 0 atom stereocenters. The van der Waals surface area contributed by atoms with E-state index in [-0.39, 0.29) is 4.90 Å². The minimum Gasteiger partial charge on any atom is -0.494 e. The van der Waals surface area contributed by atoms with Crippen LogP contribution in [0.3, 0.4) is 0 Å². The van der Waals surface area contributed by atoms with Crippen LogP contribution in [0.5, 0.6) is 5.75 Å². The van der Waals surface area contributed by atoms with E-state index >= 15 is 0 Å². The number of nitrogens with one attached hydrogen (secondary N) is 2. The van der Waals surface area contributed by atoms with E-state index in [1.165, 1.54) is 12.1 Å². The number of hydrogen-bond acceptors (Lipinski definition) is 5. The van der Waals surface area contributed by atoms with E-state index in [0.717, 1.165) is 11.3 Å². The molecule has 0 saturated heterocycles. The maximum absolute atomic E-state index is 12.2. The van der Waals surface area contributed by atoms with Crippen molar-refractivity contribution in [2.24, 2.45) is 0 Å². The predicted octanol–water partition coefficient (Wildman–Crippen LogP) is 2.57. The SMILES string of the molecule is CCOc1ccc(S(=O)(=O)NNC(=O)c2ccc(CSC)cc2)cc1. The summed E-state index contributed by atoms with van der Waals surface area (Å²) in [6.45, 7) is 2.34. The van der Waals surface area contributed by atoms with Crippen LogP contribution in [0.4, 0.5) is 0 Å². The molecule has 0 heterocycles. The lowest BCUT2D eigenvalue weighted by atomic mass is 10.1. The quantitative estimate of drug-likeness (QED) is 0.688. The molecule has 0 bridgehead atoms. The monoisotopic (exact) mass is 380 g/mol. The van der Waals surface area contributed by atoms with Crippen LogP contribution in [0.1, 0.15) is 22.8 Å². The summed E-state index contributed by atoms with van der Waals surface area (Å²) in [6, 6.07) is 12.9. The number of thioether (sulfide) groups is 1. The lowest BCUT2D eigenvalue weighted by Crippen LogP contribution is -2.41. The van der Waals surface area contributed by atoms with Gasteiger partial charge in [0.25, 0.3) is 15.9 Å². The van der Waals surface area contributed by atoms with Gasteiger partial charge in [-0.2, -0.15) is 11.8 Å². The maximum Gasteiger partial charge on any atom is 0.266 e. The van der Waals surface area contributed by atoms with Crippen LogP contribution in [-0.2, 0) is 15.8 Å². The zero-order valence-electron chi connectivity index (χ0n) is 14.0. The summed E-state index contributed by atoms with van der Waals surface area (Å²) >= 11 is 1.68. The van der Waals surface area contributed by atoms with Crippen molar-refractivity contribution in [3.8, 4) is 5.75 Å². The van der Waals surface area contributed by atoms with Crippen molar-refractivity contribution in [3.63, 3.8) is 0 Å². The zero-order valence-corrected chi connectivity index (χ0v) is 15.6. The standard InChI is InChI=1S/C17H20N2O4S2/c1-3-23-15-8-10-16(11-9-15)25(21,22)19-18-17(20)14-6-4-13(5-7-14)12-24-2/h4-11,19H,3,12H2,1-2H3,(H,18,20). The van der Waals surface area contributed by atoms with Gasteiger partial charge in [0.2, 0.25) is 0 Å². The molecule has 8 heteroatoms. The van der Waals surface area contributed by atoms with E-state index in [1.807, 2.05) is 25.3 Å². The first-order valence-electron chi connectivity index (χ1n) is 7.59. The molecule has 2 aromatic rings. The van der Waals surface area contributed by atoms with Gasteiger partial charge in [-0.3, -0.25) is 10.2 Å². The average molecular weight is 380 g/mol. The van der Waals surface area contributed by atoms with Crippen molar-refractivity contribution in [1.82, 2.24) is 10.3 Å². The Morgan fingerprint density at radius 1 is 1.08 bits per heavy atom. The highest BCUT2D eigenvalue weighted by Gasteiger charge is 2.15. The fraction of sp³-hybridized carbons (Fsp3) is 0.235. The Kier molecular flexibility index (Phi) is 6.86. The van der Waals surface area contributed by atoms with Crippen LogP contribution in [0.2, 0.25) is 0 Å². The van der Waals surface area contributed by atoms with E-state index in [4.69, 9.17) is 4.74 Å². The Hall–Kier alpha value is -2.03. The molecule has 6 nitrogen and oxygen atoms in total. The molecule has 2 aromatic carbocycles. The van der Waals surface area contributed by atoms with Crippen molar-refractivity contribution >= 4 is 27.7 Å². The van der Waals surface area contributed by atoms with Crippen LogP contribution in [0.25, 0.3) is 0 Å². The lowest BCUT2D eigenvalue weighted by Gasteiger charge is -2.09. The molecule has 0 fully saturated rings. The summed E-state index contributed by atoms with van der Waals surface area (Å²) in [5.74, 6) is 0.910. The zero-order chi connectivity index (χ0) is 18.3. The first kappa shape index (κ1) is 19.3. The minimum atomic E-state index is -3.85. The van der Waals surface area contributed by atoms with E-state index in [9.17, 15) is 13.2 Å². The van der Waals surface area contributed by atoms with Crippen molar-refractivity contribution in [1.29, 1.82) is 0 Å². The highest BCUT2D eigenvalue weighted by molar-refractivity contribution is 7.97. The molecule has 0 aromatic heterocycles. The Bertz CT molecular complexity index is 804. The number of sulfonamides is 1. The van der Waals surface area contributed by atoms with E-state index < -0.39 is 15.9 Å². The highest BCUT2D eigenvalue weighted by atomic mass is 32.2. The Morgan fingerprint density at radius 3 is 2.28 bits per heavy atom. The molecule has 2 N–H and O–H groups in total. The molecular formula is C17H20N2O4S2. The van der Waals surface area contributed by atoms with Gasteiger partial charge < -0.3 is 4.74 Å². The molecule has 0 saturated carbocycles. The molecule has 0 spiro atoms. The number of benzene rings is 2. The molecule has 25 heavy (non-hydrogen) atoms. The maximum atomic E-state index is 12.2. The molecule has 2 rings (SSSR count). The fourth-order valence-corrected chi connectivity index (χ4v) is 3.41. The smallest absolute Gasteiger partial charge is 0.266 e. The van der Waals surface area contributed by atoms with Crippen molar-refractivity contribution in [3.05, 3.63) is 59.7 Å². The first-order chi connectivity index (χ1) is 12.0. The summed E-state index contributed by atoms with van der Waals surface area (Å²) in [4.78, 5) is 14.2. The Balaban J connectivity index is 1.99. The fourth-order valence-electron chi connectivity index (χ4n) is 2.05. The summed E-state index contributed by atoms with van der Waals surface area (Å²) in [5, 5.41) is 0. The summed E-state index contributed by atoms with van der Waals surface area (Å²) in [7, 11) is -3.85. The minimum absolute atomic E-state index is 0.0339. The molecule has 134 valence electrons. The van der Waals surface area contributed by atoms with Gasteiger partial charge in [0.05, 0.1) is 11.5 Å². The van der Waals surface area contributed by atoms with E-state index in [2.05, 4.69) is 10.3 Å². The number of rotatable bonds is 8. The van der Waals surface area contributed by atoms with Crippen LogP contribution >= 0.6 is 11.8 Å². The van der Waals surface area contributed by atoms with Crippen LogP contribution in [0.15, 0.2) is 53.4 Å². The van der Waals surface area contributed by atoms with Crippen LogP contribution < -0.4 is 15.0 Å². The largest absolute Gasteiger partial charge is 0.494 e. The van der Waals surface area contributed by atoms with Gasteiger partial charge in [-0.05, 0) is 55.1 Å². The molecule has 0 radical (unpaired) electrons. The number of ether oxygens (including phenoxy) is 1. The third-order valence-corrected chi connectivity index (χ3v) is 5.16. The van der Waals surface area contributed by atoms with Gasteiger partial charge in [-0.25, -0.2) is 8.42 Å². The lowest BCUT2D eigenvalue weighted by molar-refractivity contribution is 0.0945. The third kappa shape index (κ3) is 5.48. The molecule has 0 aliphatic carbocycles. The molecular weight excluding hydrogens is 360 g/mol. The summed E-state index contributed by atoms with van der Waals surface area (Å²) in [5.41, 5.74) is 3.69. The molecule has 0 aliphatic heterocycles. The number of carbonyl (C=O) groups excluding carboxylic acids is 1. The number of hydrogen-bond donors (Lipinski definition) is 2. The van der Waals surface area contributed by atoms with Crippen molar-refractivity contribution in [2.45, 2.75) is 17.6 Å². The van der Waals surface area contributed by atoms with Crippen LogP contribution in [0, 0.1) is 0 Å². The normalized spacial score (nSPS) is 11.1. The van der Waals surface area contributed by atoms with Gasteiger partial charge in [0.1, 0.15) is 5.75 Å². The predicted molar refractivity (Wildman–Crippen MR) is 99.1 cm³/mol. The second-order valence-corrected chi connectivity index (χ2v) is 7.64. The molecule has 0 unspecified atom stereocenters. The van der Waals surface area contributed by atoms with Crippen LogP contribution in [-0.4, -0.2) is 27.2 Å². The number of hydrazine groups is 1. The third-order valence-electron chi connectivity index (χ3n) is 3.27. The summed E-state index contributed by atoms with van der Waals surface area (Å²) < 4.78 is 29.7. The summed E-state index contributed by atoms with van der Waals surface area (Å²) in [6.07, 6.45) is 2.00. The van der Waals surface area contributed by atoms with Crippen molar-refractivity contribution < 1.29 is 17.9 Å². The second kappa shape index (κ2) is 8.89. The van der Waals surface area contributed by atoms with E-state index in [0.29, 0.717) is 17.9 Å². The Morgan fingerprint density at radius 2 is 1.72 bits per heavy atom. The van der Waals surface area contributed by atoms with Gasteiger partial charge >= 0.3 is 0 Å². The van der Waals surface area contributed by atoms with Crippen molar-refractivity contribution in [2.75, 3.05) is 12.9 Å². The molecule has 0 aliphatic rings. The van der Waals surface area contributed by atoms with Gasteiger partial charge in [0, 0.05) is 11.3 Å². The Labute approximate surface area is 152 Å².